The van der Waals surface area contributed by atoms with E-state index in [4.69, 9.17) is 9.40 Å². The molecule has 0 amide bonds. The highest BCUT2D eigenvalue weighted by Gasteiger charge is 2.19. The first-order valence-electron chi connectivity index (χ1n) is 10.00. The fourth-order valence-corrected chi connectivity index (χ4v) is 3.74. The van der Waals surface area contributed by atoms with Gasteiger partial charge in [0.15, 0.2) is 0 Å². The lowest BCUT2D eigenvalue weighted by Gasteiger charge is -2.11. The SMILES string of the molecule is Cc1ccc2oc(=O)c(-c3cc(-c4ccccc4)cc(-c4ccccc4)n3)c(O)c2c1. The first kappa shape index (κ1) is 18.8. The summed E-state index contributed by atoms with van der Waals surface area (Å²) in [4.78, 5) is 17.6. The van der Waals surface area contributed by atoms with Crippen molar-refractivity contribution in [2.24, 2.45) is 0 Å². The third kappa shape index (κ3) is 3.49. The molecule has 0 saturated heterocycles. The Bertz CT molecular complexity index is 1400. The molecule has 0 radical (unpaired) electrons. The standard InChI is InChI=1S/C27H19NO3/c1-17-12-13-24-21(14-17)26(29)25(27(30)31-24)23-16-20(18-8-4-2-5-9-18)15-22(28-23)19-10-6-3-7-11-19/h2-16,29H,1H3. The van der Waals surface area contributed by atoms with Crippen molar-refractivity contribution in [1.82, 2.24) is 4.98 Å². The van der Waals surface area contributed by atoms with Crippen LogP contribution in [0.1, 0.15) is 5.56 Å². The predicted molar refractivity (Wildman–Crippen MR) is 123 cm³/mol. The summed E-state index contributed by atoms with van der Waals surface area (Å²) in [6, 6.07) is 28.8. The highest BCUT2D eigenvalue weighted by molar-refractivity contribution is 5.91. The molecule has 4 nitrogen and oxygen atoms in total. The quantitative estimate of drug-likeness (QED) is 0.363. The van der Waals surface area contributed by atoms with Crippen LogP contribution < -0.4 is 5.63 Å². The van der Waals surface area contributed by atoms with Crippen LogP contribution in [-0.4, -0.2) is 10.1 Å². The van der Waals surface area contributed by atoms with E-state index in [0.717, 1.165) is 22.3 Å². The first-order chi connectivity index (χ1) is 15.1. The monoisotopic (exact) mass is 405 g/mol. The van der Waals surface area contributed by atoms with E-state index < -0.39 is 5.63 Å². The Labute approximate surface area is 179 Å². The Kier molecular flexibility index (Phi) is 4.60. The van der Waals surface area contributed by atoms with Crippen molar-refractivity contribution in [3.8, 4) is 39.4 Å². The molecule has 1 N–H and O–H groups in total. The van der Waals surface area contributed by atoms with Gasteiger partial charge in [-0.3, -0.25) is 0 Å². The van der Waals surface area contributed by atoms with E-state index in [1.807, 2.05) is 85.8 Å². The molecule has 2 aromatic heterocycles. The minimum Gasteiger partial charge on any atom is -0.506 e. The van der Waals surface area contributed by atoms with E-state index in [2.05, 4.69) is 0 Å². The summed E-state index contributed by atoms with van der Waals surface area (Å²) in [7, 11) is 0. The van der Waals surface area contributed by atoms with E-state index in [-0.39, 0.29) is 11.3 Å². The van der Waals surface area contributed by atoms with Crippen LogP contribution >= 0.6 is 0 Å². The highest BCUT2D eigenvalue weighted by Crippen LogP contribution is 2.36. The molecule has 0 aliphatic heterocycles. The molecule has 0 unspecified atom stereocenters. The number of aryl methyl sites for hydroxylation is 1. The summed E-state index contributed by atoms with van der Waals surface area (Å²) in [6.07, 6.45) is 0. The molecule has 5 aromatic rings. The van der Waals surface area contributed by atoms with Gasteiger partial charge in [0.2, 0.25) is 0 Å². The van der Waals surface area contributed by atoms with Gasteiger partial charge < -0.3 is 9.52 Å². The van der Waals surface area contributed by atoms with E-state index in [1.165, 1.54) is 0 Å². The van der Waals surface area contributed by atoms with Crippen LogP contribution in [0, 0.1) is 6.92 Å². The molecule has 150 valence electrons. The minimum atomic E-state index is -0.620. The maximum atomic E-state index is 12.9. The van der Waals surface area contributed by atoms with Crippen LogP contribution in [0.4, 0.5) is 0 Å². The summed E-state index contributed by atoms with van der Waals surface area (Å²) in [5, 5.41) is 11.5. The number of aromatic hydroxyl groups is 1. The average Bonchev–Trinajstić information content (AvgIpc) is 2.81. The third-order valence-electron chi connectivity index (χ3n) is 5.29. The Morgan fingerprint density at radius 2 is 1.39 bits per heavy atom. The molecule has 0 saturated carbocycles. The van der Waals surface area contributed by atoms with Crippen molar-refractivity contribution in [3.05, 3.63) is 107 Å². The molecular weight excluding hydrogens is 386 g/mol. The number of rotatable bonds is 3. The second-order valence-corrected chi connectivity index (χ2v) is 7.47. The van der Waals surface area contributed by atoms with Crippen LogP contribution in [0.5, 0.6) is 5.75 Å². The van der Waals surface area contributed by atoms with Gasteiger partial charge >= 0.3 is 5.63 Å². The minimum absolute atomic E-state index is 0.0630. The Balaban J connectivity index is 1.81. The number of hydrogen-bond acceptors (Lipinski definition) is 4. The lowest BCUT2D eigenvalue weighted by Crippen LogP contribution is -2.05. The molecule has 0 atom stereocenters. The largest absolute Gasteiger partial charge is 0.506 e. The third-order valence-corrected chi connectivity index (χ3v) is 5.29. The van der Waals surface area contributed by atoms with Gasteiger partial charge in [-0.1, -0.05) is 72.3 Å². The molecule has 0 spiro atoms. The second-order valence-electron chi connectivity index (χ2n) is 7.47. The van der Waals surface area contributed by atoms with Gasteiger partial charge in [-0.15, -0.1) is 0 Å². The Morgan fingerprint density at radius 1 is 0.742 bits per heavy atom. The van der Waals surface area contributed by atoms with E-state index >= 15 is 0 Å². The second kappa shape index (κ2) is 7.58. The van der Waals surface area contributed by atoms with Crippen LogP contribution in [0.2, 0.25) is 0 Å². The van der Waals surface area contributed by atoms with Gasteiger partial charge in [-0.25, -0.2) is 9.78 Å². The number of benzene rings is 3. The number of aromatic nitrogens is 1. The van der Waals surface area contributed by atoms with Gasteiger partial charge in [0.05, 0.1) is 16.8 Å². The van der Waals surface area contributed by atoms with Crippen molar-refractivity contribution in [3.63, 3.8) is 0 Å². The summed E-state index contributed by atoms with van der Waals surface area (Å²) in [5.74, 6) is -0.119. The van der Waals surface area contributed by atoms with Crippen molar-refractivity contribution in [2.75, 3.05) is 0 Å². The number of hydrogen-bond donors (Lipinski definition) is 1. The van der Waals surface area contributed by atoms with Gasteiger partial charge in [0, 0.05) is 5.56 Å². The van der Waals surface area contributed by atoms with Gasteiger partial charge in [0.25, 0.3) is 0 Å². The van der Waals surface area contributed by atoms with Crippen LogP contribution in [-0.2, 0) is 0 Å². The number of pyridine rings is 1. The van der Waals surface area contributed by atoms with Crippen molar-refractivity contribution < 1.29 is 9.52 Å². The lowest BCUT2D eigenvalue weighted by atomic mass is 9.99. The van der Waals surface area contributed by atoms with Crippen LogP contribution in [0.25, 0.3) is 44.6 Å². The van der Waals surface area contributed by atoms with Crippen molar-refractivity contribution >= 4 is 11.0 Å². The molecule has 31 heavy (non-hydrogen) atoms. The van der Waals surface area contributed by atoms with Gasteiger partial charge in [0.1, 0.15) is 16.9 Å². The molecule has 2 heterocycles. The van der Waals surface area contributed by atoms with Crippen molar-refractivity contribution in [1.29, 1.82) is 0 Å². The topological polar surface area (TPSA) is 63.3 Å². The Morgan fingerprint density at radius 3 is 2.10 bits per heavy atom. The van der Waals surface area contributed by atoms with Crippen LogP contribution in [0.3, 0.4) is 0 Å². The molecule has 0 aliphatic carbocycles. The zero-order chi connectivity index (χ0) is 21.4. The molecule has 3 aromatic carbocycles. The normalized spacial score (nSPS) is 11.0. The smallest absolute Gasteiger partial charge is 0.349 e. The number of nitrogens with zero attached hydrogens (tertiary/aromatic N) is 1. The molecule has 5 rings (SSSR count). The van der Waals surface area contributed by atoms with Gasteiger partial charge in [-0.2, -0.15) is 0 Å². The summed E-state index contributed by atoms with van der Waals surface area (Å²) < 4.78 is 5.52. The van der Waals surface area contributed by atoms with Gasteiger partial charge in [-0.05, 0) is 42.3 Å². The van der Waals surface area contributed by atoms with E-state index in [0.29, 0.717) is 22.4 Å². The predicted octanol–water partition coefficient (Wildman–Crippen LogP) is 6.20. The molecule has 0 fully saturated rings. The molecule has 0 aliphatic rings. The van der Waals surface area contributed by atoms with E-state index in [9.17, 15) is 9.90 Å². The molecule has 0 bridgehead atoms. The first-order valence-corrected chi connectivity index (χ1v) is 10.00. The molecule has 4 heteroatoms. The fourth-order valence-electron chi connectivity index (χ4n) is 3.74. The van der Waals surface area contributed by atoms with Crippen LogP contribution in [0.15, 0.2) is 100 Å². The highest BCUT2D eigenvalue weighted by atomic mass is 16.4. The summed E-state index contributed by atoms with van der Waals surface area (Å²) >= 11 is 0. The average molecular weight is 405 g/mol. The summed E-state index contributed by atoms with van der Waals surface area (Å²) in [6.45, 7) is 1.92. The maximum absolute atomic E-state index is 12.9. The number of fused-ring (bicyclic) bond motifs is 1. The Hall–Kier alpha value is -4.18. The fraction of sp³-hybridized carbons (Fsp3) is 0.0370. The lowest BCUT2D eigenvalue weighted by molar-refractivity contribution is 0.471. The maximum Gasteiger partial charge on any atom is 0.349 e. The van der Waals surface area contributed by atoms with Crippen molar-refractivity contribution in [2.45, 2.75) is 6.92 Å². The molecular formula is C27H19NO3. The van der Waals surface area contributed by atoms with E-state index in [1.54, 1.807) is 12.1 Å². The zero-order valence-electron chi connectivity index (χ0n) is 16.9. The summed E-state index contributed by atoms with van der Waals surface area (Å²) in [5.41, 5.74) is 4.63. The zero-order valence-corrected chi connectivity index (χ0v) is 16.9.